The van der Waals surface area contributed by atoms with Gasteiger partial charge in [-0.25, -0.2) is 0 Å². The monoisotopic (exact) mass is 162 g/mol. The third kappa shape index (κ3) is 4.35. The first-order valence-electron chi connectivity index (χ1n) is 3.77. The molecular formula is C10H14N2. The first kappa shape index (κ1) is 10.5. The van der Waals surface area contributed by atoms with E-state index < -0.39 is 0 Å². The number of rotatable bonds is 0. The molecule has 2 nitrogen and oxygen atoms in total. The average Bonchev–Trinajstić information content (AvgIpc) is 2.52. The Labute approximate surface area is 73.9 Å². The van der Waals surface area contributed by atoms with E-state index >= 15 is 0 Å². The van der Waals surface area contributed by atoms with Crippen molar-refractivity contribution < 1.29 is 0 Å². The minimum absolute atomic E-state index is 0.826. The van der Waals surface area contributed by atoms with E-state index in [0.29, 0.717) is 0 Å². The van der Waals surface area contributed by atoms with E-state index in [1.54, 1.807) is 17.1 Å². The third-order valence-electron chi connectivity index (χ3n) is 1.20. The van der Waals surface area contributed by atoms with Gasteiger partial charge < -0.3 is 0 Å². The van der Waals surface area contributed by atoms with Crippen molar-refractivity contribution in [3.05, 3.63) is 30.1 Å². The number of allylic oxidation sites excluding steroid dienone is 2. The summed E-state index contributed by atoms with van der Waals surface area (Å²) in [4.78, 5) is 0. The number of terminal acetylenes is 1. The predicted molar refractivity (Wildman–Crippen MR) is 51.6 cm³/mol. The second-order valence-electron chi connectivity index (χ2n) is 2.21. The molecule has 0 aromatic carbocycles. The number of aryl methyl sites for hydroxylation is 1. The molecule has 1 rings (SSSR count). The number of nitrogens with zero attached hydrogens (tertiary/aromatic N) is 2. The normalized spacial score (nSPS) is 8.83. The SMILES string of the molecule is C#Cc1cnn(C)c1.C/C=C\C. The van der Waals surface area contributed by atoms with Gasteiger partial charge in [0.2, 0.25) is 0 Å². The average molecular weight is 162 g/mol. The lowest BCUT2D eigenvalue weighted by molar-refractivity contribution is 0.767. The maximum absolute atomic E-state index is 5.06. The van der Waals surface area contributed by atoms with E-state index in [4.69, 9.17) is 6.42 Å². The fourth-order valence-corrected chi connectivity index (χ4v) is 0.496. The van der Waals surface area contributed by atoms with Gasteiger partial charge in [-0.2, -0.15) is 5.10 Å². The summed E-state index contributed by atoms with van der Waals surface area (Å²) in [6, 6.07) is 0. The number of hydrogen-bond acceptors (Lipinski definition) is 1. The molecule has 1 aromatic rings. The predicted octanol–water partition coefficient (Wildman–Crippen LogP) is 1.98. The molecule has 0 aliphatic heterocycles. The molecule has 2 heteroatoms. The minimum Gasteiger partial charge on any atom is -0.275 e. The number of hydrogen-bond donors (Lipinski definition) is 0. The fraction of sp³-hybridized carbons (Fsp3) is 0.300. The third-order valence-corrected chi connectivity index (χ3v) is 1.20. The molecule has 0 amide bonds. The highest BCUT2D eigenvalue weighted by molar-refractivity contribution is 5.25. The Morgan fingerprint density at radius 1 is 1.50 bits per heavy atom. The van der Waals surface area contributed by atoms with Gasteiger partial charge in [-0.1, -0.05) is 18.1 Å². The van der Waals surface area contributed by atoms with Gasteiger partial charge in [0.1, 0.15) is 0 Å². The molecule has 12 heavy (non-hydrogen) atoms. The van der Waals surface area contributed by atoms with Crippen LogP contribution in [0.1, 0.15) is 19.4 Å². The lowest BCUT2D eigenvalue weighted by Gasteiger charge is -1.78. The zero-order valence-corrected chi connectivity index (χ0v) is 7.78. The van der Waals surface area contributed by atoms with E-state index in [-0.39, 0.29) is 0 Å². The second kappa shape index (κ2) is 6.23. The highest BCUT2D eigenvalue weighted by Crippen LogP contribution is 1.89. The first-order valence-corrected chi connectivity index (χ1v) is 3.77. The van der Waals surface area contributed by atoms with Crippen LogP contribution < -0.4 is 0 Å². The quantitative estimate of drug-likeness (QED) is 0.421. The molecular weight excluding hydrogens is 148 g/mol. The molecule has 0 spiro atoms. The van der Waals surface area contributed by atoms with E-state index in [1.165, 1.54) is 0 Å². The summed E-state index contributed by atoms with van der Waals surface area (Å²) in [5.74, 6) is 2.46. The summed E-state index contributed by atoms with van der Waals surface area (Å²) >= 11 is 0. The van der Waals surface area contributed by atoms with Gasteiger partial charge in [0, 0.05) is 13.2 Å². The zero-order valence-electron chi connectivity index (χ0n) is 7.78. The summed E-state index contributed by atoms with van der Waals surface area (Å²) in [5, 5.41) is 3.86. The lowest BCUT2D eigenvalue weighted by atomic mass is 10.4. The fourth-order valence-electron chi connectivity index (χ4n) is 0.496. The number of aromatic nitrogens is 2. The van der Waals surface area contributed by atoms with Crippen LogP contribution in [0.3, 0.4) is 0 Å². The lowest BCUT2D eigenvalue weighted by Crippen LogP contribution is -1.83. The molecule has 0 bridgehead atoms. The highest BCUT2D eigenvalue weighted by atomic mass is 15.2. The van der Waals surface area contributed by atoms with Crippen molar-refractivity contribution in [3.63, 3.8) is 0 Å². The summed E-state index contributed by atoms with van der Waals surface area (Å²) < 4.78 is 1.68. The van der Waals surface area contributed by atoms with Crippen LogP contribution in [-0.2, 0) is 7.05 Å². The van der Waals surface area contributed by atoms with Gasteiger partial charge in [-0.05, 0) is 13.8 Å². The molecule has 0 radical (unpaired) electrons. The maximum atomic E-state index is 5.06. The molecule has 0 fully saturated rings. The van der Waals surface area contributed by atoms with Crippen LogP contribution in [0.4, 0.5) is 0 Å². The summed E-state index contributed by atoms with van der Waals surface area (Å²) in [7, 11) is 1.83. The van der Waals surface area contributed by atoms with Crippen LogP contribution in [0.15, 0.2) is 24.5 Å². The Kier molecular flexibility index (Phi) is 5.46. The van der Waals surface area contributed by atoms with Crippen molar-refractivity contribution in [2.75, 3.05) is 0 Å². The van der Waals surface area contributed by atoms with Crippen LogP contribution in [0.25, 0.3) is 0 Å². The summed E-state index contributed by atoms with van der Waals surface area (Å²) in [6.07, 6.45) is 12.5. The molecule has 0 atom stereocenters. The van der Waals surface area contributed by atoms with Crippen LogP contribution >= 0.6 is 0 Å². The molecule has 1 aromatic heterocycles. The minimum atomic E-state index is 0.826. The molecule has 0 aliphatic rings. The van der Waals surface area contributed by atoms with Gasteiger partial charge in [0.25, 0.3) is 0 Å². The Hall–Kier alpha value is -1.49. The molecule has 0 saturated carbocycles. The molecule has 1 heterocycles. The van der Waals surface area contributed by atoms with Gasteiger partial charge >= 0.3 is 0 Å². The van der Waals surface area contributed by atoms with E-state index in [9.17, 15) is 0 Å². The van der Waals surface area contributed by atoms with Crippen molar-refractivity contribution >= 4 is 0 Å². The molecule has 64 valence electrons. The van der Waals surface area contributed by atoms with Crippen molar-refractivity contribution in [1.29, 1.82) is 0 Å². The van der Waals surface area contributed by atoms with E-state index in [0.717, 1.165) is 5.56 Å². The van der Waals surface area contributed by atoms with Crippen molar-refractivity contribution in [2.24, 2.45) is 7.05 Å². The maximum Gasteiger partial charge on any atom is 0.0646 e. The van der Waals surface area contributed by atoms with Gasteiger partial charge in [0.15, 0.2) is 0 Å². The van der Waals surface area contributed by atoms with E-state index in [1.807, 2.05) is 33.0 Å². The molecule has 0 saturated heterocycles. The van der Waals surface area contributed by atoms with Gasteiger partial charge in [-0.3, -0.25) is 4.68 Å². The van der Waals surface area contributed by atoms with Crippen molar-refractivity contribution in [3.8, 4) is 12.3 Å². The molecule has 0 N–H and O–H groups in total. The van der Waals surface area contributed by atoms with Crippen molar-refractivity contribution in [2.45, 2.75) is 13.8 Å². The Morgan fingerprint density at radius 3 is 2.25 bits per heavy atom. The summed E-state index contributed by atoms with van der Waals surface area (Å²) in [5.41, 5.74) is 0.826. The molecule has 0 aliphatic carbocycles. The van der Waals surface area contributed by atoms with Crippen LogP contribution in [0.5, 0.6) is 0 Å². The second-order valence-corrected chi connectivity index (χ2v) is 2.21. The van der Waals surface area contributed by atoms with Crippen molar-refractivity contribution in [1.82, 2.24) is 9.78 Å². The Balaban J connectivity index is 0.000000261. The Morgan fingerprint density at radius 2 is 2.08 bits per heavy atom. The topological polar surface area (TPSA) is 17.8 Å². The van der Waals surface area contributed by atoms with Crippen LogP contribution in [0, 0.1) is 12.3 Å². The zero-order chi connectivity index (χ0) is 9.40. The Bertz CT molecular complexity index is 272. The van der Waals surface area contributed by atoms with Gasteiger partial charge in [-0.15, -0.1) is 6.42 Å². The van der Waals surface area contributed by atoms with Crippen LogP contribution in [-0.4, -0.2) is 9.78 Å². The first-order chi connectivity index (χ1) is 5.74. The standard InChI is InChI=1S/C6H6N2.C4H8/c1-3-6-4-7-8(2)5-6;1-3-4-2/h1,4-5H,2H3;3-4H,1-2H3/b;4-3-. The molecule has 0 unspecified atom stereocenters. The highest BCUT2D eigenvalue weighted by Gasteiger charge is 1.85. The van der Waals surface area contributed by atoms with E-state index in [2.05, 4.69) is 11.0 Å². The summed E-state index contributed by atoms with van der Waals surface area (Å²) in [6.45, 7) is 4.00. The van der Waals surface area contributed by atoms with Gasteiger partial charge in [0.05, 0.1) is 11.8 Å². The smallest absolute Gasteiger partial charge is 0.0646 e. The largest absolute Gasteiger partial charge is 0.275 e. The van der Waals surface area contributed by atoms with Crippen LogP contribution in [0.2, 0.25) is 0 Å².